The summed E-state index contributed by atoms with van der Waals surface area (Å²) < 4.78 is 13.3. The van der Waals surface area contributed by atoms with Crippen LogP contribution < -0.4 is 0 Å². The van der Waals surface area contributed by atoms with Gasteiger partial charge in [0.05, 0.1) is 11.6 Å². The number of hydrogen-bond donors (Lipinski definition) is 2. The minimum atomic E-state index is -0.849. The largest absolute Gasteiger partial charge is 0.508 e. The summed E-state index contributed by atoms with van der Waals surface area (Å²) in [5.41, 5.74) is 0.678. The van der Waals surface area contributed by atoms with Crippen LogP contribution in [0.25, 0.3) is 5.76 Å². The third-order valence-electron chi connectivity index (χ3n) is 5.40. The van der Waals surface area contributed by atoms with Gasteiger partial charge in [-0.1, -0.05) is 26.0 Å². The predicted molar refractivity (Wildman–Crippen MR) is 111 cm³/mol. The summed E-state index contributed by atoms with van der Waals surface area (Å²) in [6, 6.07) is 10.5. The number of Topliss-reactive ketones (excluding diaryl/α,β-unsaturated/α-hetero) is 1. The first-order valence-corrected chi connectivity index (χ1v) is 9.93. The van der Waals surface area contributed by atoms with E-state index in [0.717, 1.165) is 13.1 Å². The molecule has 1 saturated heterocycles. The quantitative estimate of drug-likeness (QED) is 0.414. The Morgan fingerprint density at radius 3 is 2.37 bits per heavy atom. The van der Waals surface area contributed by atoms with E-state index in [2.05, 4.69) is 4.90 Å². The number of benzene rings is 2. The number of ketones is 1. The molecule has 30 heavy (non-hydrogen) atoms. The van der Waals surface area contributed by atoms with Gasteiger partial charge in [-0.25, -0.2) is 4.39 Å². The lowest BCUT2D eigenvalue weighted by Crippen LogP contribution is -2.38. The van der Waals surface area contributed by atoms with Crippen LogP contribution in [0.15, 0.2) is 54.1 Å². The highest BCUT2D eigenvalue weighted by molar-refractivity contribution is 6.46. The molecular formula is C23H25FN2O4. The maximum atomic E-state index is 13.3. The van der Waals surface area contributed by atoms with Crippen molar-refractivity contribution < 1.29 is 24.2 Å². The summed E-state index contributed by atoms with van der Waals surface area (Å²) in [5.74, 6) is -2.37. The number of aliphatic hydroxyl groups excluding tert-OH is 1. The Bertz CT molecular complexity index is 967. The van der Waals surface area contributed by atoms with Crippen LogP contribution in [0.4, 0.5) is 4.39 Å². The smallest absolute Gasteiger partial charge is 0.295 e. The minimum Gasteiger partial charge on any atom is -0.508 e. The highest BCUT2D eigenvalue weighted by atomic mass is 19.1. The van der Waals surface area contributed by atoms with Gasteiger partial charge < -0.3 is 20.0 Å². The van der Waals surface area contributed by atoms with Crippen LogP contribution in [0.3, 0.4) is 0 Å². The van der Waals surface area contributed by atoms with E-state index in [1.807, 2.05) is 13.8 Å². The van der Waals surface area contributed by atoms with E-state index in [0.29, 0.717) is 12.1 Å². The predicted octanol–water partition coefficient (Wildman–Crippen LogP) is 3.29. The summed E-state index contributed by atoms with van der Waals surface area (Å²) in [6.45, 7) is 6.47. The molecule has 0 aliphatic carbocycles. The number of nitrogens with zero attached hydrogens (tertiary/aromatic N) is 2. The molecule has 158 valence electrons. The van der Waals surface area contributed by atoms with Gasteiger partial charge in [0.1, 0.15) is 17.3 Å². The van der Waals surface area contributed by atoms with Crippen molar-refractivity contribution >= 4 is 17.4 Å². The number of rotatable bonds is 7. The first-order valence-electron chi connectivity index (χ1n) is 9.93. The SMILES string of the molecule is CCN(CC)CCN1C(=O)C(=O)/C(=C(\O)c2ccc(F)cc2)C1c1cccc(O)c1. The van der Waals surface area contributed by atoms with Gasteiger partial charge in [-0.3, -0.25) is 9.59 Å². The van der Waals surface area contributed by atoms with Gasteiger partial charge in [0, 0.05) is 18.7 Å². The maximum absolute atomic E-state index is 13.3. The van der Waals surface area contributed by atoms with Gasteiger partial charge in [0.25, 0.3) is 11.7 Å². The summed E-state index contributed by atoms with van der Waals surface area (Å²) in [7, 11) is 0. The molecule has 1 aliphatic rings. The Labute approximate surface area is 174 Å². The van der Waals surface area contributed by atoms with Crippen molar-refractivity contribution in [2.45, 2.75) is 19.9 Å². The fourth-order valence-electron chi connectivity index (χ4n) is 3.70. The molecule has 0 spiro atoms. The monoisotopic (exact) mass is 412 g/mol. The van der Waals surface area contributed by atoms with Gasteiger partial charge in [0.15, 0.2) is 0 Å². The van der Waals surface area contributed by atoms with E-state index >= 15 is 0 Å². The van der Waals surface area contributed by atoms with Gasteiger partial charge in [0.2, 0.25) is 0 Å². The van der Waals surface area contributed by atoms with Gasteiger partial charge in [-0.15, -0.1) is 0 Å². The van der Waals surface area contributed by atoms with Gasteiger partial charge >= 0.3 is 0 Å². The molecule has 2 aromatic rings. The zero-order valence-electron chi connectivity index (χ0n) is 17.0. The second-order valence-electron chi connectivity index (χ2n) is 7.12. The number of aliphatic hydroxyl groups is 1. The molecule has 2 aromatic carbocycles. The van der Waals surface area contributed by atoms with Gasteiger partial charge in [-0.05, 0) is 55.1 Å². The number of halogens is 1. The lowest BCUT2D eigenvalue weighted by molar-refractivity contribution is -0.140. The molecule has 2 N–H and O–H groups in total. The average molecular weight is 412 g/mol. The number of carbonyl (C=O) groups excluding carboxylic acids is 2. The number of hydrogen-bond acceptors (Lipinski definition) is 5. The van der Waals surface area contributed by atoms with Crippen LogP contribution in [0.1, 0.15) is 31.0 Å². The van der Waals surface area contributed by atoms with E-state index in [1.54, 1.807) is 12.1 Å². The summed E-state index contributed by atoms with van der Waals surface area (Å²) >= 11 is 0. The van der Waals surface area contributed by atoms with E-state index in [4.69, 9.17) is 0 Å². The van der Waals surface area contributed by atoms with Crippen molar-refractivity contribution in [3.63, 3.8) is 0 Å². The lowest BCUT2D eigenvalue weighted by Gasteiger charge is -2.28. The lowest BCUT2D eigenvalue weighted by atomic mass is 9.95. The van der Waals surface area contributed by atoms with E-state index in [1.165, 1.54) is 41.3 Å². The first kappa shape index (κ1) is 21.5. The topological polar surface area (TPSA) is 81.1 Å². The molecular weight excluding hydrogens is 387 g/mol. The number of phenolic OH excluding ortho intramolecular Hbond substituents is 1. The summed E-state index contributed by atoms with van der Waals surface area (Å²) in [5, 5.41) is 20.8. The fraction of sp³-hybridized carbons (Fsp3) is 0.304. The maximum Gasteiger partial charge on any atom is 0.295 e. The van der Waals surface area contributed by atoms with Crippen molar-refractivity contribution in [1.82, 2.24) is 9.80 Å². The van der Waals surface area contributed by atoms with Crippen LogP contribution in [0, 0.1) is 5.82 Å². The van der Waals surface area contributed by atoms with Crippen LogP contribution in [0.2, 0.25) is 0 Å². The number of aromatic hydroxyl groups is 1. The fourth-order valence-corrected chi connectivity index (χ4v) is 3.70. The molecule has 1 heterocycles. The number of likely N-dealkylation sites (N-methyl/N-ethyl adjacent to an activating group) is 1. The van der Waals surface area contributed by atoms with Crippen molar-refractivity contribution in [1.29, 1.82) is 0 Å². The van der Waals surface area contributed by atoms with Crippen LogP contribution in [-0.2, 0) is 9.59 Å². The standard InChI is InChI=1S/C23H25FN2O4/c1-3-25(4-2)12-13-26-20(16-6-5-7-18(27)14-16)19(22(29)23(26)30)21(28)15-8-10-17(24)11-9-15/h5-11,14,20,27-28H,3-4,12-13H2,1-2H3/b21-19-. The van der Waals surface area contributed by atoms with E-state index < -0.39 is 23.5 Å². The Balaban J connectivity index is 2.09. The van der Waals surface area contributed by atoms with Crippen molar-refractivity contribution in [3.05, 3.63) is 71.0 Å². The molecule has 7 heteroatoms. The van der Waals surface area contributed by atoms with Crippen molar-refractivity contribution in [2.24, 2.45) is 0 Å². The molecule has 3 rings (SSSR count). The second kappa shape index (κ2) is 9.09. The Morgan fingerprint density at radius 1 is 1.10 bits per heavy atom. The molecule has 0 bridgehead atoms. The number of likely N-dealkylation sites (tertiary alicyclic amines) is 1. The molecule has 1 unspecified atom stereocenters. The van der Waals surface area contributed by atoms with Gasteiger partial charge in [-0.2, -0.15) is 0 Å². The molecule has 1 aliphatic heterocycles. The Hall–Kier alpha value is -3.19. The molecule has 1 atom stereocenters. The third-order valence-corrected chi connectivity index (χ3v) is 5.40. The molecule has 0 radical (unpaired) electrons. The summed E-state index contributed by atoms with van der Waals surface area (Å²) in [6.07, 6.45) is 0. The zero-order valence-corrected chi connectivity index (χ0v) is 17.0. The molecule has 1 fully saturated rings. The minimum absolute atomic E-state index is 0.0105. The number of phenols is 1. The van der Waals surface area contributed by atoms with E-state index in [9.17, 15) is 24.2 Å². The second-order valence-corrected chi connectivity index (χ2v) is 7.12. The normalized spacial score (nSPS) is 18.4. The molecule has 6 nitrogen and oxygen atoms in total. The third kappa shape index (κ3) is 4.21. The molecule has 0 saturated carbocycles. The molecule has 1 amide bonds. The highest BCUT2D eigenvalue weighted by Crippen LogP contribution is 2.40. The highest BCUT2D eigenvalue weighted by Gasteiger charge is 2.46. The van der Waals surface area contributed by atoms with Crippen LogP contribution in [0.5, 0.6) is 5.75 Å². The number of carbonyl (C=O) groups is 2. The Kier molecular flexibility index (Phi) is 6.52. The van der Waals surface area contributed by atoms with E-state index in [-0.39, 0.29) is 29.2 Å². The van der Waals surface area contributed by atoms with Crippen LogP contribution in [-0.4, -0.2) is 57.9 Å². The Morgan fingerprint density at radius 2 is 1.77 bits per heavy atom. The average Bonchev–Trinajstić information content (AvgIpc) is 2.99. The summed E-state index contributed by atoms with van der Waals surface area (Å²) in [4.78, 5) is 29.3. The molecule has 0 aromatic heterocycles. The van der Waals surface area contributed by atoms with Crippen LogP contribution >= 0.6 is 0 Å². The van der Waals surface area contributed by atoms with Crippen molar-refractivity contribution in [3.8, 4) is 5.75 Å². The first-order chi connectivity index (χ1) is 14.4. The zero-order chi connectivity index (χ0) is 21.8. The number of amides is 1. The van der Waals surface area contributed by atoms with Crippen molar-refractivity contribution in [2.75, 3.05) is 26.2 Å².